The van der Waals surface area contributed by atoms with Crippen molar-refractivity contribution in [1.82, 2.24) is 14.5 Å². The zero-order valence-electron chi connectivity index (χ0n) is 10.5. The van der Waals surface area contributed by atoms with Crippen LogP contribution in [0.4, 0.5) is 5.69 Å². The summed E-state index contributed by atoms with van der Waals surface area (Å²) in [7, 11) is 0. The van der Waals surface area contributed by atoms with Gasteiger partial charge in [0, 0.05) is 17.8 Å². The second-order valence-corrected chi connectivity index (χ2v) is 4.46. The molecule has 0 aliphatic heterocycles. The lowest BCUT2D eigenvalue weighted by molar-refractivity contribution is 0.594. The lowest BCUT2D eigenvalue weighted by Gasteiger charge is -2.15. The highest BCUT2D eigenvalue weighted by Gasteiger charge is 2.13. The van der Waals surface area contributed by atoms with E-state index >= 15 is 0 Å². The van der Waals surface area contributed by atoms with Crippen LogP contribution in [0.25, 0.3) is 11.0 Å². The fourth-order valence-corrected chi connectivity index (χ4v) is 2.09. The molecule has 5 heteroatoms. The molecule has 2 aromatic rings. The van der Waals surface area contributed by atoms with Crippen molar-refractivity contribution in [2.75, 3.05) is 5.73 Å². The second-order valence-electron chi connectivity index (χ2n) is 4.46. The van der Waals surface area contributed by atoms with Crippen LogP contribution in [-0.4, -0.2) is 14.5 Å². The van der Waals surface area contributed by atoms with E-state index in [1.54, 1.807) is 4.57 Å². The third-order valence-electron chi connectivity index (χ3n) is 2.73. The average Bonchev–Trinajstić information content (AvgIpc) is 2.13. The molecular weight excluding hydrogens is 216 g/mol. The first kappa shape index (κ1) is 11.6. The van der Waals surface area contributed by atoms with Crippen LogP contribution in [0.3, 0.4) is 0 Å². The maximum absolute atomic E-state index is 11.9. The fraction of sp³-hybridized carbons (Fsp3) is 0.417. The summed E-state index contributed by atoms with van der Waals surface area (Å²) in [5.41, 5.74) is 7.63. The molecular formula is C12H16N4O. The number of aryl methyl sites for hydroxylation is 2. The van der Waals surface area contributed by atoms with Gasteiger partial charge in [-0.05, 0) is 27.7 Å². The molecule has 0 spiro atoms. The fourth-order valence-electron chi connectivity index (χ4n) is 2.09. The number of nitrogens with zero attached hydrogens (tertiary/aromatic N) is 3. The summed E-state index contributed by atoms with van der Waals surface area (Å²) < 4.78 is 1.65. The molecule has 0 saturated carbocycles. The molecule has 2 aromatic heterocycles. The Labute approximate surface area is 99.3 Å². The predicted octanol–water partition coefficient (Wildman–Crippen LogP) is 1.57. The van der Waals surface area contributed by atoms with E-state index in [0.717, 1.165) is 11.1 Å². The highest BCUT2D eigenvalue weighted by molar-refractivity contribution is 5.89. The van der Waals surface area contributed by atoms with E-state index in [2.05, 4.69) is 9.97 Å². The van der Waals surface area contributed by atoms with Gasteiger partial charge in [0.25, 0.3) is 5.56 Å². The molecule has 0 unspecified atom stereocenters. The first-order chi connectivity index (χ1) is 7.91. The van der Waals surface area contributed by atoms with Crippen LogP contribution >= 0.6 is 0 Å². The zero-order chi connectivity index (χ0) is 12.7. The second kappa shape index (κ2) is 3.84. The van der Waals surface area contributed by atoms with E-state index in [9.17, 15) is 4.79 Å². The minimum absolute atomic E-state index is 0.0410. The number of fused-ring (bicyclic) bond motifs is 1. The van der Waals surface area contributed by atoms with Crippen molar-refractivity contribution in [1.29, 1.82) is 0 Å². The summed E-state index contributed by atoms with van der Waals surface area (Å²) in [4.78, 5) is 20.6. The number of rotatable bonds is 1. The van der Waals surface area contributed by atoms with E-state index in [1.807, 2.05) is 27.7 Å². The molecule has 2 rings (SSSR count). The van der Waals surface area contributed by atoms with Gasteiger partial charge >= 0.3 is 0 Å². The summed E-state index contributed by atoms with van der Waals surface area (Å²) in [5.74, 6) is 0.648. The third kappa shape index (κ3) is 1.77. The third-order valence-corrected chi connectivity index (χ3v) is 2.73. The van der Waals surface area contributed by atoms with Crippen LogP contribution in [-0.2, 0) is 0 Å². The van der Waals surface area contributed by atoms with Gasteiger partial charge in [-0.15, -0.1) is 0 Å². The molecule has 0 saturated heterocycles. The van der Waals surface area contributed by atoms with Gasteiger partial charge in [0.1, 0.15) is 11.5 Å². The van der Waals surface area contributed by atoms with Crippen molar-refractivity contribution >= 4 is 16.7 Å². The number of anilines is 1. The Hall–Kier alpha value is -1.91. The highest BCUT2D eigenvalue weighted by atomic mass is 16.1. The number of aromatic nitrogens is 3. The van der Waals surface area contributed by atoms with E-state index in [1.165, 1.54) is 6.07 Å². The first-order valence-electron chi connectivity index (χ1n) is 5.57. The van der Waals surface area contributed by atoms with Crippen molar-refractivity contribution in [2.24, 2.45) is 0 Å². The number of hydrogen-bond acceptors (Lipinski definition) is 4. The van der Waals surface area contributed by atoms with Crippen LogP contribution in [0.2, 0.25) is 0 Å². The molecule has 0 radical (unpaired) electrons. The smallest absolute Gasteiger partial charge is 0.254 e. The molecule has 0 atom stereocenters. The standard InChI is InChI=1S/C12H16N4O/c1-6(2)16-10(17)5-9(13)11-7(3)14-8(4)15-12(11)16/h5-6H,13H2,1-4H3. The quantitative estimate of drug-likeness (QED) is 0.810. The minimum atomic E-state index is -0.123. The minimum Gasteiger partial charge on any atom is -0.398 e. The van der Waals surface area contributed by atoms with Crippen LogP contribution < -0.4 is 11.3 Å². The molecule has 0 fully saturated rings. The van der Waals surface area contributed by atoms with Gasteiger partial charge in [0.15, 0.2) is 0 Å². The Morgan fingerprint density at radius 3 is 2.53 bits per heavy atom. The van der Waals surface area contributed by atoms with Crippen molar-refractivity contribution in [3.05, 3.63) is 27.9 Å². The van der Waals surface area contributed by atoms with Crippen molar-refractivity contribution in [2.45, 2.75) is 33.7 Å². The zero-order valence-corrected chi connectivity index (χ0v) is 10.5. The van der Waals surface area contributed by atoms with Crippen LogP contribution in [0.1, 0.15) is 31.4 Å². The van der Waals surface area contributed by atoms with E-state index in [4.69, 9.17) is 5.73 Å². The SMILES string of the molecule is Cc1nc(C)c2c(N)cc(=O)n(C(C)C)c2n1. The Kier molecular flexibility index (Phi) is 2.61. The maximum Gasteiger partial charge on any atom is 0.254 e. The van der Waals surface area contributed by atoms with Gasteiger partial charge in [-0.2, -0.15) is 0 Å². The molecule has 2 N–H and O–H groups in total. The van der Waals surface area contributed by atoms with E-state index in [0.29, 0.717) is 17.2 Å². The summed E-state index contributed by atoms with van der Waals surface area (Å²) in [6.45, 7) is 7.58. The van der Waals surface area contributed by atoms with Gasteiger partial charge < -0.3 is 5.73 Å². The lowest BCUT2D eigenvalue weighted by atomic mass is 10.2. The molecule has 0 aliphatic carbocycles. The number of nitrogens with two attached hydrogens (primary N) is 1. The summed E-state index contributed by atoms with van der Waals surface area (Å²) in [6.07, 6.45) is 0. The molecule has 90 valence electrons. The highest BCUT2D eigenvalue weighted by Crippen LogP contribution is 2.22. The van der Waals surface area contributed by atoms with Gasteiger partial charge in [-0.25, -0.2) is 9.97 Å². The van der Waals surface area contributed by atoms with Crippen molar-refractivity contribution in [3.63, 3.8) is 0 Å². The van der Waals surface area contributed by atoms with Crippen LogP contribution in [0.15, 0.2) is 10.9 Å². The van der Waals surface area contributed by atoms with Gasteiger partial charge in [-0.1, -0.05) is 0 Å². The Balaban J connectivity index is 3.05. The van der Waals surface area contributed by atoms with E-state index < -0.39 is 0 Å². The monoisotopic (exact) mass is 232 g/mol. The summed E-state index contributed by atoms with van der Waals surface area (Å²) in [6, 6.07) is 1.48. The van der Waals surface area contributed by atoms with Gasteiger partial charge in [0.05, 0.1) is 11.1 Å². The molecule has 0 amide bonds. The summed E-state index contributed by atoms with van der Waals surface area (Å²) >= 11 is 0. The topological polar surface area (TPSA) is 73.8 Å². The first-order valence-corrected chi connectivity index (χ1v) is 5.57. The number of nitrogen functional groups attached to an aromatic ring is 1. The molecule has 0 aliphatic rings. The molecule has 5 nitrogen and oxygen atoms in total. The van der Waals surface area contributed by atoms with Gasteiger partial charge in [0.2, 0.25) is 0 Å². The Bertz CT molecular complexity index is 643. The maximum atomic E-state index is 11.9. The molecule has 0 bridgehead atoms. The number of hydrogen-bond donors (Lipinski definition) is 1. The van der Waals surface area contributed by atoms with Crippen LogP contribution in [0.5, 0.6) is 0 Å². The Morgan fingerprint density at radius 2 is 1.94 bits per heavy atom. The van der Waals surface area contributed by atoms with E-state index in [-0.39, 0.29) is 11.6 Å². The van der Waals surface area contributed by atoms with Crippen molar-refractivity contribution < 1.29 is 0 Å². The molecule has 17 heavy (non-hydrogen) atoms. The molecule has 2 heterocycles. The lowest BCUT2D eigenvalue weighted by Crippen LogP contribution is -2.23. The molecule has 0 aromatic carbocycles. The number of pyridine rings is 1. The van der Waals surface area contributed by atoms with Crippen molar-refractivity contribution in [3.8, 4) is 0 Å². The van der Waals surface area contributed by atoms with Gasteiger partial charge in [-0.3, -0.25) is 9.36 Å². The largest absolute Gasteiger partial charge is 0.398 e. The van der Waals surface area contributed by atoms with Crippen LogP contribution in [0, 0.1) is 13.8 Å². The summed E-state index contributed by atoms with van der Waals surface area (Å²) in [5, 5.41) is 0.768. The normalized spacial score (nSPS) is 11.4. The average molecular weight is 232 g/mol. The predicted molar refractivity (Wildman–Crippen MR) is 68.1 cm³/mol. The Morgan fingerprint density at radius 1 is 1.29 bits per heavy atom.